The fourth-order valence-corrected chi connectivity index (χ4v) is 0.502. The molecule has 0 atom stereocenters. The molecule has 0 amide bonds. The zero-order valence-corrected chi connectivity index (χ0v) is 5.21. The molecule has 9 heavy (non-hydrogen) atoms. The first kappa shape index (κ1) is 6.19. The van der Waals surface area contributed by atoms with Gasteiger partial charge in [0.25, 0.3) is 0 Å². The molecule has 0 aromatic carbocycles. The Balaban J connectivity index is 1.97. The molecule has 0 aromatic heterocycles. The van der Waals surface area contributed by atoms with Crippen LogP contribution in [0.4, 0.5) is 0 Å². The molecule has 4 heteroatoms. The maximum atomic E-state index is 5.00. The van der Waals surface area contributed by atoms with Gasteiger partial charge in [0.05, 0.1) is 0 Å². The second kappa shape index (κ2) is 2.57. The van der Waals surface area contributed by atoms with Crippen molar-refractivity contribution in [2.45, 2.75) is 12.8 Å². The van der Waals surface area contributed by atoms with Gasteiger partial charge in [-0.05, 0) is 23.9 Å². The van der Waals surface area contributed by atoms with Crippen LogP contribution in [0.15, 0.2) is 5.16 Å². The van der Waals surface area contributed by atoms with Crippen molar-refractivity contribution in [1.29, 1.82) is 0 Å². The van der Waals surface area contributed by atoms with Crippen molar-refractivity contribution in [2.75, 3.05) is 6.61 Å². The van der Waals surface area contributed by atoms with E-state index >= 15 is 0 Å². The smallest absolute Gasteiger partial charge is 0.228 e. The SMILES string of the molecule is NC(N)=NOCC1CC1. The summed E-state index contributed by atoms with van der Waals surface area (Å²) in [5.74, 6) is 0.698. The van der Waals surface area contributed by atoms with Crippen molar-refractivity contribution in [3.05, 3.63) is 0 Å². The second-order valence-corrected chi connectivity index (χ2v) is 2.26. The third-order valence-corrected chi connectivity index (χ3v) is 1.18. The lowest BCUT2D eigenvalue weighted by molar-refractivity contribution is 0.133. The fraction of sp³-hybridized carbons (Fsp3) is 0.800. The van der Waals surface area contributed by atoms with Crippen molar-refractivity contribution in [3.63, 3.8) is 0 Å². The van der Waals surface area contributed by atoms with Crippen molar-refractivity contribution >= 4 is 5.96 Å². The van der Waals surface area contributed by atoms with E-state index in [9.17, 15) is 0 Å². The first-order valence-corrected chi connectivity index (χ1v) is 3.00. The molecule has 0 aromatic rings. The molecule has 4 N–H and O–H groups in total. The van der Waals surface area contributed by atoms with Crippen LogP contribution < -0.4 is 11.5 Å². The summed E-state index contributed by atoms with van der Waals surface area (Å²) in [7, 11) is 0. The minimum absolute atomic E-state index is 0.00403. The Labute approximate surface area is 53.8 Å². The number of nitrogens with two attached hydrogens (primary N) is 2. The predicted octanol–water partition coefficient (Wildman–Crippen LogP) is -0.399. The van der Waals surface area contributed by atoms with Crippen LogP contribution in [-0.4, -0.2) is 12.6 Å². The quantitative estimate of drug-likeness (QED) is 0.309. The fourth-order valence-electron chi connectivity index (χ4n) is 0.502. The lowest BCUT2D eigenvalue weighted by Gasteiger charge is -1.94. The third kappa shape index (κ3) is 2.79. The minimum Gasteiger partial charge on any atom is -0.393 e. The summed E-state index contributed by atoms with van der Waals surface area (Å²) in [6, 6.07) is 0. The Morgan fingerprint density at radius 1 is 1.56 bits per heavy atom. The van der Waals surface area contributed by atoms with Crippen LogP contribution >= 0.6 is 0 Å². The van der Waals surface area contributed by atoms with E-state index in [4.69, 9.17) is 16.3 Å². The highest BCUT2D eigenvalue weighted by atomic mass is 16.6. The zero-order chi connectivity index (χ0) is 6.69. The lowest BCUT2D eigenvalue weighted by Crippen LogP contribution is -2.23. The topological polar surface area (TPSA) is 73.6 Å². The maximum Gasteiger partial charge on any atom is 0.228 e. The lowest BCUT2D eigenvalue weighted by atomic mass is 10.5. The van der Waals surface area contributed by atoms with Gasteiger partial charge in [0.15, 0.2) is 0 Å². The first-order valence-electron chi connectivity index (χ1n) is 3.00. The summed E-state index contributed by atoms with van der Waals surface area (Å²) in [6.45, 7) is 0.665. The van der Waals surface area contributed by atoms with Gasteiger partial charge < -0.3 is 16.3 Å². The predicted molar refractivity (Wildman–Crippen MR) is 34.5 cm³/mol. The van der Waals surface area contributed by atoms with Gasteiger partial charge in [-0.3, -0.25) is 0 Å². The molecule has 0 bridgehead atoms. The molecule has 0 aliphatic heterocycles. The average molecular weight is 129 g/mol. The van der Waals surface area contributed by atoms with Crippen molar-refractivity contribution in [3.8, 4) is 0 Å². The van der Waals surface area contributed by atoms with Crippen LogP contribution in [0.3, 0.4) is 0 Å². The molecule has 1 saturated carbocycles. The van der Waals surface area contributed by atoms with Crippen molar-refractivity contribution in [1.82, 2.24) is 0 Å². The number of guanidine groups is 1. The highest BCUT2D eigenvalue weighted by molar-refractivity contribution is 5.74. The van der Waals surface area contributed by atoms with Crippen LogP contribution in [0.5, 0.6) is 0 Å². The molecule has 4 nitrogen and oxygen atoms in total. The van der Waals surface area contributed by atoms with Crippen molar-refractivity contribution < 1.29 is 4.84 Å². The van der Waals surface area contributed by atoms with Gasteiger partial charge in [-0.2, -0.15) is 0 Å². The van der Waals surface area contributed by atoms with Crippen LogP contribution in [0.25, 0.3) is 0 Å². The Morgan fingerprint density at radius 3 is 2.67 bits per heavy atom. The summed E-state index contributed by atoms with van der Waals surface area (Å²) >= 11 is 0. The zero-order valence-electron chi connectivity index (χ0n) is 5.21. The van der Waals surface area contributed by atoms with E-state index in [1.165, 1.54) is 12.8 Å². The van der Waals surface area contributed by atoms with Crippen LogP contribution in [0, 0.1) is 5.92 Å². The van der Waals surface area contributed by atoms with Gasteiger partial charge in [0.1, 0.15) is 6.61 Å². The Bertz CT molecular complexity index is 115. The average Bonchev–Trinajstić information content (AvgIpc) is 2.48. The van der Waals surface area contributed by atoms with Gasteiger partial charge in [-0.15, -0.1) is 0 Å². The van der Waals surface area contributed by atoms with E-state index < -0.39 is 0 Å². The molecule has 0 saturated heterocycles. The summed E-state index contributed by atoms with van der Waals surface area (Å²) < 4.78 is 0. The molecular formula is C5H11N3O. The standard InChI is InChI=1S/C5H11N3O/c6-5(7)8-9-3-4-1-2-4/h4H,1-3H2,(H4,6,7,8). The highest BCUT2D eigenvalue weighted by Gasteiger charge is 2.21. The van der Waals surface area contributed by atoms with Gasteiger partial charge in [-0.25, -0.2) is 0 Å². The van der Waals surface area contributed by atoms with Gasteiger partial charge in [0, 0.05) is 0 Å². The summed E-state index contributed by atoms with van der Waals surface area (Å²) in [5, 5.41) is 3.38. The minimum atomic E-state index is -0.00403. The molecule has 1 aliphatic rings. The van der Waals surface area contributed by atoms with Gasteiger partial charge in [0.2, 0.25) is 5.96 Å². The molecule has 0 unspecified atom stereocenters. The molecule has 1 rings (SSSR count). The van der Waals surface area contributed by atoms with E-state index in [-0.39, 0.29) is 5.96 Å². The van der Waals surface area contributed by atoms with Crippen LogP contribution in [-0.2, 0) is 4.84 Å². The van der Waals surface area contributed by atoms with Crippen molar-refractivity contribution in [2.24, 2.45) is 22.5 Å². The van der Waals surface area contributed by atoms with Crippen LogP contribution in [0.2, 0.25) is 0 Å². The normalized spacial score (nSPS) is 16.9. The van der Waals surface area contributed by atoms with E-state index in [0.29, 0.717) is 12.5 Å². The molecule has 1 fully saturated rings. The van der Waals surface area contributed by atoms with Crippen LogP contribution in [0.1, 0.15) is 12.8 Å². The molecule has 0 heterocycles. The molecule has 1 aliphatic carbocycles. The Morgan fingerprint density at radius 2 is 2.22 bits per heavy atom. The molecular weight excluding hydrogens is 118 g/mol. The molecule has 0 spiro atoms. The van der Waals surface area contributed by atoms with E-state index in [1.807, 2.05) is 0 Å². The van der Waals surface area contributed by atoms with E-state index in [0.717, 1.165) is 0 Å². The third-order valence-electron chi connectivity index (χ3n) is 1.18. The summed E-state index contributed by atoms with van der Waals surface area (Å²) in [4.78, 5) is 4.76. The van der Waals surface area contributed by atoms with Gasteiger partial charge >= 0.3 is 0 Å². The highest BCUT2D eigenvalue weighted by Crippen LogP contribution is 2.28. The largest absolute Gasteiger partial charge is 0.393 e. The Kier molecular flexibility index (Phi) is 1.77. The Hall–Kier alpha value is -0.930. The number of oxime groups is 1. The summed E-state index contributed by atoms with van der Waals surface area (Å²) in [5.41, 5.74) is 10.0. The second-order valence-electron chi connectivity index (χ2n) is 2.26. The van der Waals surface area contributed by atoms with E-state index in [2.05, 4.69) is 5.16 Å². The summed E-state index contributed by atoms with van der Waals surface area (Å²) in [6.07, 6.45) is 2.50. The first-order chi connectivity index (χ1) is 4.29. The maximum absolute atomic E-state index is 5.00. The van der Waals surface area contributed by atoms with E-state index in [1.54, 1.807) is 0 Å². The monoisotopic (exact) mass is 129 g/mol. The number of nitrogens with zero attached hydrogens (tertiary/aromatic N) is 1. The van der Waals surface area contributed by atoms with Gasteiger partial charge in [-0.1, -0.05) is 0 Å². The molecule has 52 valence electrons. The molecule has 0 radical (unpaired) electrons. The number of hydrogen-bond donors (Lipinski definition) is 2. The number of hydrogen-bond acceptors (Lipinski definition) is 2. The number of rotatable bonds is 3.